The maximum absolute atomic E-state index is 13.1. The first-order valence-corrected chi connectivity index (χ1v) is 13.4. The van der Waals surface area contributed by atoms with Crippen LogP contribution < -0.4 is 14.9 Å². The summed E-state index contributed by atoms with van der Waals surface area (Å²) in [6, 6.07) is 32.9. The second kappa shape index (κ2) is 11.8. The number of hydrogen-bond donors (Lipinski definition) is 2. The molecule has 0 aliphatic carbocycles. The molecule has 6 aromatic rings. The predicted octanol–water partition coefficient (Wildman–Crippen LogP) is 6.29. The Hall–Kier alpha value is -6.09. The molecular weight excluding hydrogens is 544 g/mol. The molecule has 0 spiro atoms. The number of nitrogens with one attached hydrogen (secondary N) is 2. The highest BCUT2D eigenvalue weighted by Crippen LogP contribution is 2.29. The Labute approximate surface area is 245 Å². The second-order valence-electron chi connectivity index (χ2n) is 9.61. The topological polar surface area (TPSA) is 123 Å². The number of esters is 2. The summed E-state index contributed by atoms with van der Waals surface area (Å²) in [6.07, 6.45) is 1.41. The average molecular weight is 569 g/mol. The molecular formula is C34H24N4O5. The summed E-state index contributed by atoms with van der Waals surface area (Å²) >= 11 is 0. The molecule has 1 aromatic heterocycles. The molecule has 6 rings (SSSR count). The van der Waals surface area contributed by atoms with E-state index in [1.807, 2.05) is 72.8 Å². The first-order valence-electron chi connectivity index (χ1n) is 13.4. The van der Waals surface area contributed by atoms with Crippen LogP contribution in [0.1, 0.15) is 33.3 Å². The fourth-order valence-electron chi connectivity index (χ4n) is 4.69. The van der Waals surface area contributed by atoms with Gasteiger partial charge >= 0.3 is 11.9 Å². The van der Waals surface area contributed by atoms with Crippen LogP contribution in [-0.2, 0) is 4.79 Å². The van der Waals surface area contributed by atoms with Crippen molar-refractivity contribution in [2.24, 2.45) is 5.10 Å². The van der Waals surface area contributed by atoms with Gasteiger partial charge < -0.3 is 9.47 Å². The fraction of sp³-hybridized carbons (Fsp3) is 0.0294. The van der Waals surface area contributed by atoms with Crippen molar-refractivity contribution in [1.82, 2.24) is 15.6 Å². The van der Waals surface area contributed by atoms with Crippen molar-refractivity contribution in [3.8, 4) is 22.8 Å². The van der Waals surface area contributed by atoms with E-state index in [9.17, 15) is 14.4 Å². The second-order valence-corrected chi connectivity index (χ2v) is 9.61. The van der Waals surface area contributed by atoms with Gasteiger partial charge in [0.2, 0.25) is 0 Å². The molecule has 0 aliphatic rings. The number of amides is 1. The summed E-state index contributed by atoms with van der Waals surface area (Å²) in [5.74, 6) is -1.50. The molecule has 9 heteroatoms. The highest BCUT2D eigenvalue weighted by molar-refractivity contribution is 6.05. The average Bonchev–Trinajstić information content (AvgIpc) is 3.52. The lowest BCUT2D eigenvalue weighted by Crippen LogP contribution is -2.18. The van der Waals surface area contributed by atoms with Crippen LogP contribution in [0.2, 0.25) is 0 Å². The van der Waals surface area contributed by atoms with Crippen LogP contribution in [0.15, 0.2) is 114 Å². The van der Waals surface area contributed by atoms with Gasteiger partial charge in [0.15, 0.2) is 5.69 Å². The summed E-state index contributed by atoms with van der Waals surface area (Å²) in [5.41, 5.74) is 4.80. The van der Waals surface area contributed by atoms with Gasteiger partial charge in [-0.15, -0.1) is 0 Å². The monoisotopic (exact) mass is 568 g/mol. The van der Waals surface area contributed by atoms with Crippen molar-refractivity contribution in [2.75, 3.05) is 0 Å². The van der Waals surface area contributed by atoms with Crippen molar-refractivity contribution >= 4 is 45.6 Å². The third-order valence-corrected chi connectivity index (χ3v) is 6.72. The van der Waals surface area contributed by atoms with Crippen LogP contribution in [0.5, 0.6) is 11.5 Å². The van der Waals surface area contributed by atoms with Gasteiger partial charge in [-0.05, 0) is 51.9 Å². The number of carbonyl (C=O) groups is 3. The SMILES string of the molecule is CC(=O)Oc1ccccc1C(=O)Oc1ccc2ccccc2c1C=NNC(=O)c1cc(-c2ccc3ccccc3c2)[nH]n1. The van der Waals surface area contributed by atoms with E-state index < -0.39 is 17.8 Å². The molecule has 0 saturated carbocycles. The molecule has 0 saturated heterocycles. The minimum Gasteiger partial charge on any atom is -0.426 e. The predicted molar refractivity (Wildman–Crippen MR) is 163 cm³/mol. The molecule has 1 amide bonds. The zero-order valence-electron chi connectivity index (χ0n) is 22.9. The lowest BCUT2D eigenvalue weighted by molar-refractivity contribution is -0.131. The van der Waals surface area contributed by atoms with Crippen LogP contribution in [0, 0.1) is 0 Å². The Morgan fingerprint density at radius 1 is 0.767 bits per heavy atom. The van der Waals surface area contributed by atoms with E-state index in [4.69, 9.17) is 9.47 Å². The number of ether oxygens (including phenoxy) is 2. The summed E-state index contributed by atoms with van der Waals surface area (Å²) in [4.78, 5) is 37.5. The van der Waals surface area contributed by atoms with Crippen molar-refractivity contribution in [1.29, 1.82) is 0 Å². The molecule has 2 N–H and O–H groups in total. The van der Waals surface area contributed by atoms with E-state index in [1.54, 1.807) is 24.3 Å². The number of benzene rings is 5. The summed E-state index contributed by atoms with van der Waals surface area (Å²) in [6.45, 7) is 1.25. The van der Waals surface area contributed by atoms with E-state index >= 15 is 0 Å². The van der Waals surface area contributed by atoms with Crippen molar-refractivity contribution in [3.05, 3.63) is 126 Å². The molecule has 0 atom stereocenters. The number of carbonyl (C=O) groups excluding carboxylic acids is 3. The highest BCUT2D eigenvalue weighted by Gasteiger charge is 2.18. The van der Waals surface area contributed by atoms with E-state index in [0.717, 1.165) is 27.1 Å². The Balaban J connectivity index is 1.23. The molecule has 0 radical (unpaired) electrons. The summed E-state index contributed by atoms with van der Waals surface area (Å²) in [7, 11) is 0. The lowest BCUT2D eigenvalue weighted by atomic mass is 10.0. The summed E-state index contributed by atoms with van der Waals surface area (Å²) < 4.78 is 10.9. The highest BCUT2D eigenvalue weighted by atomic mass is 16.5. The molecule has 5 aromatic carbocycles. The minimum atomic E-state index is -0.719. The number of aromatic nitrogens is 2. The van der Waals surface area contributed by atoms with E-state index in [-0.39, 0.29) is 22.8 Å². The van der Waals surface area contributed by atoms with Crippen molar-refractivity contribution in [2.45, 2.75) is 6.92 Å². The smallest absolute Gasteiger partial charge is 0.347 e. The van der Waals surface area contributed by atoms with Crippen molar-refractivity contribution < 1.29 is 23.9 Å². The third kappa shape index (κ3) is 5.86. The molecule has 0 fully saturated rings. The number of nitrogens with zero attached hydrogens (tertiary/aromatic N) is 2. The van der Waals surface area contributed by atoms with Gasteiger partial charge in [0.05, 0.1) is 11.9 Å². The number of rotatable bonds is 7. The van der Waals surface area contributed by atoms with Gasteiger partial charge in [0.25, 0.3) is 5.91 Å². The van der Waals surface area contributed by atoms with Gasteiger partial charge in [-0.3, -0.25) is 14.7 Å². The normalized spacial score (nSPS) is 11.1. The molecule has 43 heavy (non-hydrogen) atoms. The third-order valence-electron chi connectivity index (χ3n) is 6.72. The maximum atomic E-state index is 13.1. The molecule has 0 aliphatic heterocycles. The number of hydrogen-bond acceptors (Lipinski definition) is 7. The van der Waals surface area contributed by atoms with Gasteiger partial charge in [-0.2, -0.15) is 10.2 Å². The maximum Gasteiger partial charge on any atom is 0.347 e. The Bertz CT molecular complexity index is 2050. The first kappa shape index (κ1) is 27.1. The molecule has 0 bridgehead atoms. The Morgan fingerprint density at radius 2 is 1.49 bits per heavy atom. The van der Waals surface area contributed by atoms with Crippen LogP contribution >= 0.6 is 0 Å². The number of fused-ring (bicyclic) bond motifs is 2. The number of para-hydroxylation sites is 1. The molecule has 1 heterocycles. The van der Waals surface area contributed by atoms with Gasteiger partial charge in [0, 0.05) is 18.1 Å². The van der Waals surface area contributed by atoms with Gasteiger partial charge in [-0.25, -0.2) is 10.2 Å². The van der Waals surface area contributed by atoms with Gasteiger partial charge in [-0.1, -0.05) is 78.9 Å². The zero-order valence-corrected chi connectivity index (χ0v) is 22.9. The number of H-pyrrole nitrogens is 1. The standard InChI is InChI=1S/C34H24N4O5/c1-21(39)42-31-13-7-6-12-27(31)34(41)43-32-17-16-23-9-4-5-11-26(23)28(32)20-35-38-33(40)30-19-29(36-37-30)25-15-14-22-8-2-3-10-24(22)18-25/h2-20H,1H3,(H,36,37)(H,38,40). The van der Waals surface area contributed by atoms with Crippen LogP contribution in [-0.4, -0.2) is 34.3 Å². The van der Waals surface area contributed by atoms with E-state index in [2.05, 4.69) is 20.7 Å². The summed E-state index contributed by atoms with van der Waals surface area (Å²) in [5, 5.41) is 15.0. The molecule has 210 valence electrons. The lowest BCUT2D eigenvalue weighted by Gasteiger charge is -2.12. The number of aromatic amines is 1. The molecule has 9 nitrogen and oxygen atoms in total. The zero-order chi connectivity index (χ0) is 29.8. The number of hydrazone groups is 1. The largest absolute Gasteiger partial charge is 0.426 e. The van der Waals surface area contributed by atoms with Crippen LogP contribution in [0.3, 0.4) is 0 Å². The van der Waals surface area contributed by atoms with Crippen LogP contribution in [0.25, 0.3) is 32.8 Å². The van der Waals surface area contributed by atoms with Crippen LogP contribution in [0.4, 0.5) is 0 Å². The van der Waals surface area contributed by atoms with E-state index in [0.29, 0.717) is 11.3 Å². The quantitative estimate of drug-likeness (QED) is 0.101. The van der Waals surface area contributed by atoms with E-state index in [1.165, 1.54) is 25.3 Å². The Kier molecular flexibility index (Phi) is 7.43. The molecule has 0 unspecified atom stereocenters. The fourth-order valence-corrected chi connectivity index (χ4v) is 4.69. The van der Waals surface area contributed by atoms with Crippen molar-refractivity contribution in [3.63, 3.8) is 0 Å². The minimum absolute atomic E-state index is 0.0859. The Morgan fingerprint density at radius 3 is 2.33 bits per heavy atom. The van der Waals surface area contributed by atoms with Gasteiger partial charge in [0.1, 0.15) is 17.1 Å². The first-order chi connectivity index (χ1) is 21.0.